The molecule has 1 aliphatic heterocycles. The van der Waals surface area contributed by atoms with E-state index >= 15 is 0 Å². The number of aliphatic hydroxyl groups excluding tert-OH is 1. The first-order chi connectivity index (χ1) is 12.2. The van der Waals surface area contributed by atoms with Crippen LogP contribution in [0.15, 0.2) is 57.2 Å². The number of benzene rings is 2. The summed E-state index contributed by atoms with van der Waals surface area (Å²) in [5, 5.41) is 11.7. The zero-order valence-corrected chi connectivity index (χ0v) is 15.1. The number of carbonyl (C=O) groups excluding carboxylic acids is 1. The van der Waals surface area contributed by atoms with E-state index in [2.05, 4.69) is 24.4 Å². The smallest absolute Gasteiger partial charge is 0.251 e. The van der Waals surface area contributed by atoms with Gasteiger partial charge in [0.1, 0.15) is 0 Å². The monoisotopic (exact) mass is 354 g/mol. The highest BCUT2D eigenvalue weighted by Crippen LogP contribution is 2.41. The molecule has 130 valence electrons. The minimum Gasteiger partial charge on any atom is -0.396 e. The van der Waals surface area contributed by atoms with Gasteiger partial charge in [-0.05, 0) is 37.1 Å². The minimum atomic E-state index is -0.129. The number of amides is 1. The average molecular weight is 354 g/mol. The lowest BCUT2D eigenvalue weighted by Crippen LogP contribution is -2.24. The summed E-state index contributed by atoms with van der Waals surface area (Å²) >= 11 is 1.70. The van der Waals surface area contributed by atoms with E-state index in [1.807, 2.05) is 30.3 Å². The lowest BCUT2D eigenvalue weighted by Gasteiger charge is -2.07. The van der Waals surface area contributed by atoms with Crippen LogP contribution in [0.1, 0.15) is 42.1 Å². The van der Waals surface area contributed by atoms with Crippen LogP contribution < -0.4 is 5.32 Å². The SMILES string of the molecule is CCCC1=Nc2cc(C(=O)NCCCO)ccc2Sc2ccccc21. The summed E-state index contributed by atoms with van der Waals surface area (Å²) in [6.07, 6.45) is 2.49. The molecule has 0 saturated heterocycles. The first-order valence-electron chi connectivity index (χ1n) is 8.61. The Labute approximate surface area is 152 Å². The van der Waals surface area contributed by atoms with Gasteiger partial charge in [-0.25, -0.2) is 0 Å². The number of hydrogen-bond donors (Lipinski definition) is 2. The van der Waals surface area contributed by atoms with Gasteiger partial charge in [0, 0.05) is 39.8 Å². The van der Waals surface area contributed by atoms with Gasteiger partial charge in [0.25, 0.3) is 5.91 Å². The Morgan fingerprint density at radius 3 is 2.84 bits per heavy atom. The molecule has 0 aromatic heterocycles. The van der Waals surface area contributed by atoms with Crippen LogP contribution in [-0.4, -0.2) is 29.9 Å². The van der Waals surface area contributed by atoms with Crippen molar-refractivity contribution in [3.05, 3.63) is 53.6 Å². The van der Waals surface area contributed by atoms with Crippen LogP contribution in [0, 0.1) is 0 Å². The fourth-order valence-electron chi connectivity index (χ4n) is 2.76. The van der Waals surface area contributed by atoms with Crippen molar-refractivity contribution < 1.29 is 9.90 Å². The lowest BCUT2D eigenvalue weighted by molar-refractivity contribution is 0.0951. The second kappa shape index (κ2) is 8.32. The average Bonchev–Trinajstić information content (AvgIpc) is 2.78. The van der Waals surface area contributed by atoms with Gasteiger partial charge >= 0.3 is 0 Å². The van der Waals surface area contributed by atoms with E-state index in [9.17, 15) is 4.79 Å². The summed E-state index contributed by atoms with van der Waals surface area (Å²) in [5.74, 6) is -0.129. The van der Waals surface area contributed by atoms with Crippen LogP contribution >= 0.6 is 11.8 Å². The maximum Gasteiger partial charge on any atom is 0.251 e. The molecule has 4 nitrogen and oxygen atoms in total. The van der Waals surface area contributed by atoms with Gasteiger partial charge in [0.15, 0.2) is 0 Å². The van der Waals surface area contributed by atoms with Crippen molar-refractivity contribution >= 4 is 29.1 Å². The second-order valence-corrected chi connectivity index (χ2v) is 7.01. The summed E-state index contributed by atoms with van der Waals surface area (Å²) in [6, 6.07) is 14.0. The Morgan fingerprint density at radius 2 is 2.04 bits per heavy atom. The second-order valence-electron chi connectivity index (χ2n) is 5.92. The van der Waals surface area contributed by atoms with Crippen molar-refractivity contribution in [3.8, 4) is 0 Å². The van der Waals surface area contributed by atoms with Crippen LogP contribution in [0.2, 0.25) is 0 Å². The predicted molar refractivity (Wildman–Crippen MR) is 102 cm³/mol. The molecule has 2 aromatic rings. The standard InChI is InChI=1S/C20H22N2O2S/c1-2-6-16-15-7-3-4-8-18(15)25-19-10-9-14(13-17(19)22-16)20(24)21-11-5-12-23/h3-4,7-10,13,23H,2,5-6,11-12H2,1H3,(H,21,24). The number of aliphatic imine (C=N–C) groups is 1. The van der Waals surface area contributed by atoms with Gasteiger partial charge in [-0.1, -0.05) is 43.3 Å². The number of rotatable bonds is 6. The number of aliphatic hydroxyl groups is 1. The van der Waals surface area contributed by atoms with Crippen molar-refractivity contribution in [2.24, 2.45) is 4.99 Å². The van der Waals surface area contributed by atoms with Gasteiger partial charge in [-0.3, -0.25) is 9.79 Å². The zero-order chi connectivity index (χ0) is 17.6. The summed E-state index contributed by atoms with van der Waals surface area (Å²) < 4.78 is 0. The molecule has 1 aliphatic rings. The molecule has 1 amide bonds. The molecule has 0 fully saturated rings. The van der Waals surface area contributed by atoms with Gasteiger partial charge in [-0.15, -0.1) is 0 Å². The van der Waals surface area contributed by atoms with E-state index in [0.29, 0.717) is 18.5 Å². The van der Waals surface area contributed by atoms with Crippen LogP contribution in [0.4, 0.5) is 5.69 Å². The molecular formula is C20H22N2O2S. The predicted octanol–water partition coefficient (Wildman–Crippen LogP) is 4.18. The molecule has 0 bridgehead atoms. The third-order valence-electron chi connectivity index (χ3n) is 4.00. The molecule has 1 heterocycles. The van der Waals surface area contributed by atoms with Crippen molar-refractivity contribution in [3.63, 3.8) is 0 Å². The summed E-state index contributed by atoms with van der Waals surface area (Å²) in [4.78, 5) is 19.4. The van der Waals surface area contributed by atoms with Crippen molar-refractivity contribution in [2.75, 3.05) is 13.2 Å². The number of nitrogens with one attached hydrogen (secondary N) is 1. The van der Waals surface area contributed by atoms with E-state index in [1.165, 1.54) is 10.5 Å². The Bertz CT molecular complexity index is 802. The van der Waals surface area contributed by atoms with E-state index in [-0.39, 0.29) is 12.5 Å². The van der Waals surface area contributed by atoms with Gasteiger partial charge in [0.2, 0.25) is 0 Å². The third kappa shape index (κ3) is 4.11. The summed E-state index contributed by atoms with van der Waals surface area (Å²) in [7, 11) is 0. The Hall–Kier alpha value is -2.11. The fraction of sp³-hybridized carbons (Fsp3) is 0.300. The molecule has 0 unspecified atom stereocenters. The molecule has 3 rings (SSSR count). The first kappa shape index (κ1) is 17.7. The van der Waals surface area contributed by atoms with Crippen molar-refractivity contribution in [2.45, 2.75) is 36.0 Å². The molecule has 5 heteroatoms. The van der Waals surface area contributed by atoms with E-state index in [0.717, 1.165) is 29.1 Å². The van der Waals surface area contributed by atoms with Crippen LogP contribution in [-0.2, 0) is 0 Å². The van der Waals surface area contributed by atoms with Crippen LogP contribution in [0.5, 0.6) is 0 Å². The summed E-state index contributed by atoms with van der Waals surface area (Å²) in [5.41, 5.74) is 3.70. The van der Waals surface area contributed by atoms with E-state index in [4.69, 9.17) is 10.1 Å². The minimum absolute atomic E-state index is 0.0734. The van der Waals surface area contributed by atoms with E-state index < -0.39 is 0 Å². The number of nitrogens with zero attached hydrogens (tertiary/aromatic N) is 1. The van der Waals surface area contributed by atoms with E-state index in [1.54, 1.807) is 11.8 Å². The number of fused-ring (bicyclic) bond motifs is 2. The molecular weight excluding hydrogens is 332 g/mol. The molecule has 2 aromatic carbocycles. The fourth-order valence-corrected chi connectivity index (χ4v) is 3.79. The molecule has 0 saturated carbocycles. The Morgan fingerprint density at radius 1 is 1.20 bits per heavy atom. The van der Waals surface area contributed by atoms with Crippen LogP contribution in [0.25, 0.3) is 0 Å². The number of carbonyl (C=O) groups is 1. The molecule has 2 N–H and O–H groups in total. The maximum absolute atomic E-state index is 12.3. The van der Waals surface area contributed by atoms with Gasteiger partial charge in [-0.2, -0.15) is 0 Å². The highest BCUT2D eigenvalue weighted by atomic mass is 32.2. The number of hydrogen-bond acceptors (Lipinski definition) is 4. The zero-order valence-electron chi connectivity index (χ0n) is 14.3. The van der Waals surface area contributed by atoms with Crippen molar-refractivity contribution in [1.29, 1.82) is 0 Å². The molecule has 0 atom stereocenters. The topological polar surface area (TPSA) is 61.7 Å². The lowest BCUT2D eigenvalue weighted by atomic mass is 10.1. The summed E-state index contributed by atoms with van der Waals surface area (Å²) in [6.45, 7) is 2.69. The largest absolute Gasteiger partial charge is 0.396 e. The molecule has 25 heavy (non-hydrogen) atoms. The Balaban J connectivity index is 1.95. The van der Waals surface area contributed by atoms with Gasteiger partial charge < -0.3 is 10.4 Å². The highest BCUT2D eigenvalue weighted by molar-refractivity contribution is 7.99. The molecule has 0 aliphatic carbocycles. The highest BCUT2D eigenvalue weighted by Gasteiger charge is 2.18. The normalized spacial score (nSPS) is 12.6. The maximum atomic E-state index is 12.3. The Kier molecular flexibility index (Phi) is 5.89. The third-order valence-corrected chi connectivity index (χ3v) is 5.14. The molecule has 0 radical (unpaired) electrons. The first-order valence-corrected chi connectivity index (χ1v) is 9.42. The van der Waals surface area contributed by atoms with Gasteiger partial charge in [0.05, 0.1) is 5.69 Å². The molecule has 0 spiro atoms. The van der Waals surface area contributed by atoms with Crippen molar-refractivity contribution in [1.82, 2.24) is 5.32 Å². The quantitative estimate of drug-likeness (QED) is 0.765. The van der Waals surface area contributed by atoms with Crippen LogP contribution in [0.3, 0.4) is 0 Å².